The molecule has 3 N–H and O–H groups in total. The van der Waals surface area contributed by atoms with Crippen molar-refractivity contribution in [2.24, 2.45) is 5.84 Å². The Labute approximate surface area is 95.1 Å². The number of nitrogens with one attached hydrogen (secondary N) is 1. The third kappa shape index (κ3) is 2.21. The summed E-state index contributed by atoms with van der Waals surface area (Å²) in [7, 11) is 0. The zero-order valence-corrected chi connectivity index (χ0v) is 8.55. The lowest BCUT2D eigenvalue weighted by Gasteiger charge is -2.05. The Morgan fingerprint density at radius 3 is 2.41 bits per heavy atom. The van der Waals surface area contributed by atoms with Crippen LogP contribution < -0.4 is 11.3 Å². The highest BCUT2D eigenvalue weighted by molar-refractivity contribution is 5.64. The Bertz CT molecular complexity index is 558. The van der Waals surface area contributed by atoms with Gasteiger partial charge in [0.1, 0.15) is 5.82 Å². The van der Waals surface area contributed by atoms with Crippen molar-refractivity contribution in [2.75, 3.05) is 5.43 Å². The van der Waals surface area contributed by atoms with Crippen LogP contribution in [-0.2, 0) is 0 Å². The summed E-state index contributed by atoms with van der Waals surface area (Å²) in [5.74, 6) is 1.93. The lowest BCUT2D eigenvalue weighted by atomic mass is 10.1. The van der Waals surface area contributed by atoms with Gasteiger partial charge in [-0.3, -0.25) is 10.8 Å². The summed E-state index contributed by atoms with van der Waals surface area (Å²) in [5.41, 5.74) is 2.88. The van der Waals surface area contributed by atoms with E-state index in [9.17, 15) is 13.2 Å². The van der Waals surface area contributed by atoms with Crippen molar-refractivity contribution in [3.05, 3.63) is 47.9 Å². The maximum absolute atomic E-state index is 13.5. The topological polar surface area (TPSA) is 50.9 Å². The number of nitrogens with two attached hydrogens (primary N) is 1. The molecule has 6 heteroatoms. The van der Waals surface area contributed by atoms with Crippen molar-refractivity contribution in [3.8, 4) is 11.3 Å². The smallest absolute Gasteiger partial charge is 0.161 e. The zero-order valence-electron chi connectivity index (χ0n) is 8.55. The summed E-state index contributed by atoms with van der Waals surface area (Å²) in [6.45, 7) is 0. The van der Waals surface area contributed by atoms with Gasteiger partial charge in [-0.2, -0.15) is 0 Å². The molecule has 0 amide bonds. The van der Waals surface area contributed by atoms with Gasteiger partial charge in [-0.25, -0.2) is 13.2 Å². The molecule has 1 aromatic carbocycles. The molecule has 2 rings (SSSR count). The molecule has 0 bridgehead atoms. The minimum Gasteiger partial charge on any atom is -0.324 e. The molecule has 0 aliphatic rings. The normalized spacial score (nSPS) is 10.4. The second-order valence-electron chi connectivity index (χ2n) is 3.32. The van der Waals surface area contributed by atoms with Crippen LogP contribution in [0.5, 0.6) is 0 Å². The molecule has 1 heterocycles. The summed E-state index contributed by atoms with van der Waals surface area (Å²) < 4.78 is 39.2. The minimum absolute atomic E-state index is 0.124. The van der Waals surface area contributed by atoms with Gasteiger partial charge in [0, 0.05) is 17.8 Å². The SMILES string of the molecule is NNc1ccnc(-c2cc(F)c(F)cc2F)c1. The lowest BCUT2D eigenvalue weighted by Crippen LogP contribution is -2.06. The van der Waals surface area contributed by atoms with Crippen LogP contribution >= 0.6 is 0 Å². The number of pyridine rings is 1. The van der Waals surface area contributed by atoms with Crippen molar-refractivity contribution in [3.63, 3.8) is 0 Å². The van der Waals surface area contributed by atoms with E-state index >= 15 is 0 Å². The first kappa shape index (κ1) is 11.4. The van der Waals surface area contributed by atoms with Crippen molar-refractivity contribution in [1.29, 1.82) is 0 Å². The van der Waals surface area contributed by atoms with Crippen molar-refractivity contribution < 1.29 is 13.2 Å². The number of anilines is 1. The molecule has 0 radical (unpaired) electrons. The minimum atomic E-state index is -1.24. The fraction of sp³-hybridized carbons (Fsp3) is 0. The van der Waals surface area contributed by atoms with Gasteiger partial charge in [0.15, 0.2) is 11.6 Å². The Morgan fingerprint density at radius 1 is 1.00 bits per heavy atom. The molecular weight excluding hydrogens is 231 g/mol. The molecule has 3 nitrogen and oxygen atoms in total. The molecule has 2 aromatic rings. The van der Waals surface area contributed by atoms with Gasteiger partial charge in [-0.15, -0.1) is 0 Å². The Kier molecular flexibility index (Phi) is 2.97. The molecule has 0 spiro atoms. The van der Waals surface area contributed by atoms with E-state index in [2.05, 4.69) is 10.4 Å². The highest BCUT2D eigenvalue weighted by Crippen LogP contribution is 2.25. The van der Waals surface area contributed by atoms with Crippen LogP contribution in [0.2, 0.25) is 0 Å². The van der Waals surface area contributed by atoms with E-state index < -0.39 is 17.5 Å². The number of benzene rings is 1. The monoisotopic (exact) mass is 239 g/mol. The molecule has 0 saturated heterocycles. The maximum Gasteiger partial charge on any atom is 0.161 e. The lowest BCUT2D eigenvalue weighted by molar-refractivity contribution is 0.496. The number of nitrogens with zero attached hydrogens (tertiary/aromatic N) is 1. The molecule has 0 aliphatic carbocycles. The van der Waals surface area contributed by atoms with E-state index in [0.29, 0.717) is 11.8 Å². The number of nitrogen functional groups attached to an aromatic ring is 1. The Morgan fingerprint density at radius 2 is 1.71 bits per heavy atom. The Hall–Kier alpha value is -2.08. The number of hydrazine groups is 1. The molecule has 0 aliphatic heterocycles. The third-order valence-corrected chi connectivity index (χ3v) is 2.21. The van der Waals surface area contributed by atoms with Crippen LogP contribution in [-0.4, -0.2) is 4.98 Å². The highest BCUT2D eigenvalue weighted by atomic mass is 19.2. The first-order valence-electron chi connectivity index (χ1n) is 4.69. The van der Waals surface area contributed by atoms with Gasteiger partial charge < -0.3 is 5.43 Å². The van der Waals surface area contributed by atoms with Gasteiger partial charge in [-0.1, -0.05) is 0 Å². The maximum atomic E-state index is 13.5. The van der Waals surface area contributed by atoms with Crippen LogP contribution in [0.15, 0.2) is 30.5 Å². The molecule has 0 fully saturated rings. The average Bonchev–Trinajstić information content (AvgIpc) is 2.34. The third-order valence-electron chi connectivity index (χ3n) is 2.21. The van der Waals surface area contributed by atoms with Crippen LogP contribution in [0.1, 0.15) is 0 Å². The molecular formula is C11H8F3N3. The fourth-order valence-electron chi connectivity index (χ4n) is 1.39. The van der Waals surface area contributed by atoms with Crippen LogP contribution in [0.4, 0.5) is 18.9 Å². The highest BCUT2D eigenvalue weighted by Gasteiger charge is 2.12. The van der Waals surface area contributed by atoms with E-state index in [4.69, 9.17) is 5.84 Å². The van der Waals surface area contributed by atoms with Crippen molar-refractivity contribution in [1.82, 2.24) is 4.98 Å². The summed E-state index contributed by atoms with van der Waals surface area (Å²) >= 11 is 0. The molecule has 1 aromatic heterocycles. The van der Waals surface area contributed by atoms with Gasteiger partial charge in [0.05, 0.1) is 11.4 Å². The number of hydrogen-bond acceptors (Lipinski definition) is 3. The quantitative estimate of drug-likeness (QED) is 0.481. The van der Waals surface area contributed by atoms with Crippen LogP contribution in [0.25, 0.3) is 11.3 Å². The summed E-state index contributed by atoms with van der Waals surface area (Å²) in [6, 6.07) is 4.22. The molecule has 17 heavy (non-hydrogen) atoms. The fourth-order valence-corrected chi connectivity index (χ4v) is 1.39. The number of rotatable bonds is 2. The first-order valence-corrected chi connectivity index (χ1v) is 4.69. The standard InChI is InChI=1S/C11H8F3N3/c12-8-5-10(14)9(13)4-7(8)11-3-6(17-15)1-2-16-11/h1-5H,15H2,(H,16,17). The van der Waals surface area contributed by atoms with Gasteiger partial charge >= 0.3 is 0 Å². The van der Waals surface area contributed by atoms with E-state index in [0.717, 1.165) is 6.07 Å². The van der Waals surface area contributed by atoms with Crippen molar-refractivity contribution in [2.45, 2.75) is 0 Å². The second-order valence-corrected chi connectivity index (χ2v) is 3.32. The van der Waals surface area contributed by atoms with E-state index in [-0.39, 0.29) is 11.3 Å². The zero-order chi connectivity index (χ0) is 12.4. The summed E-state index contributed by atoms with van der Waals surface area (Å²) in [6.07, 6.45) is 1.38. The Balaban J connectivity index is 2.56. The predicted molar refractivity (Wildman–Crippen MR) is 57.4 cm³/mol. The number of halogens is 3. The molecule has 88 valence electrons. The summed E-state index contributed by atoms with van der Waals surface area (Å²) in [5, 5.41) is 0. The van der Waals surface area contributed by atoms with Crippen LogP contribution in [0.3, 0.4) is 0 Å². The van der Waals surface area contributed by atoms with Gasteiger partial charge in [-0.05, 0) is 18.2 Å². The first-order chi connectivity index (χ1) is 8.11. The number of hydrogen-bond donors (Lipinski definition) is 2. The van der Waals surface area contributed by atoms with Gasteiger partial charge in [0.25, 0.3) is 0 Å². The average molecular weight is 239 g/mol. The van der Waals surface area contributed by atoms with E-state index in [1.807, 2.05) is 0 Å². The predicted octanol–water partition coefficient (Wildman–Crippen LogP) is 2.45. The number of aromatic nitrogens is 1. The van der Waals surface area contributed by atoms with Crippen LogP contribution in [0, 0.1) is 17.5 Å². The van der Waals surface area contributed by atoms with E-state index in [1.165, 1.54) is 12.3 Å². The van der Waals surface area contributed by atoms with Crippen molar-refractivity contribution >= 4 is 5.69 Å². The molecule has 0 unspecified atom stereocenters. The van der Waals surface area contributed by atoms with E-state index in [1.54, 1.807) is 6.07 Å². The second kappa shape index (κ2) is 4.42. The summed E-state index contributed by atoms with van der Waals surface area (Å²) in [4.78, 5) is 3.86. The largest absolute Gasteiger partial charge is 0.324 e. The molecule has 0 saturated carbocycles. The molecule has 0 atom stereocenters. The van der Waals surface area contributed by atoms with Gasteiger partial charge in [0.2, 0.25) is 0 Å².